The Bertz CT molecular complexity index is 366. The lowest BCUT2D eigenvalue weighted by Gasteiger charge is -2.41. The maximum Gasteiger partial charge on any atom is 0.0886 e. The van der Waals surface area contributed by atoms with E-state index in [1.165, 1.54) is 12.8 Å². The molecule has 4 heteroatoms. The van der Waals surface area contributed by atoms with Crippen LogP contribution in [0.5, 0.6) is 0 Å². The van der Waals surface area contributed by atoms with Gasteiger partial charge in [0.2, 0.25) is 0 Å². The number of hydrogen-bond donors (Lipinski definition) is 1. The first kappa shape index (κ1) is 12.6. The fraction of sp³-hybridized carbons (Fsp3) is 0.769. The van der Waals surface area contributed by atoms with Gasteiger partial charge in [-0.2, -0.15) is 5.10 Å². The molecule has 1 aliphatic rings. The molecule has 1 atom stereocenters. The van der Waals surface area contributed by atoms with Crippen molar-refractivity contribution in [3.05, 3.63) is 18.0 Å². The second kappa shape index (κ2) is 4.78. The highest BCUT2D eigenvalue weighted by molar-refractivity contribution is 5.12. The number of rotatable bonds is 3. The van der Waals surface area contributed by atoms with Crippen LogP contribution < -0.4 is 5.73 Å². The van der Waals surface area contributed by atoms with Gasteiger partial charge in [-0.1, -0.05) is 6.92 Å². The van der Waals surface area contributed by atoms with Crippen molar-refractivity contribution in [3.63, 3.8) is 0 Å². The monoisotopic (exact) mass is 237 g/mol. The summed E-state index contributed by atoms with van der Waals surface area (Å²) in [6.07, 6.45) is 6.37. The van der Waals surface area contributed by atoms with Gasteiger partial charge in [0, 0.05) is 20.4 Å². The molecule has 1 aromatic rings. The van der Waals surface area contributed by atoms with Crippen LogP contribution in [0.15, 0.2) is 12.3 Å². The number of nitrogens with zero attached hydrogens (tertiary/aromatic N) is 2. The van der Waals surface area contributed by atoms with Gasteiger partial charge in [-0.15, -0.1) is 0 Å². The van der Waals surface area contributed by atoms with E-state index >= 15 is 0 Å². The standard InChI is InChI=1S/C13H23N3O/c1-10-4-7-13(17-3,8-5-10)12(14)11-6-9-16(2)15-11/h6,9-10,12H,4-5,7-8,14H2,1-3H3. The van der Waals surface area contributed by atoms with E-state index in [-0.39, 0.29) is 11.6 Å². The van der Waals surface area contributed by atoms with Crippen LogP contribution in [0.2, 0.25) is 0 Å². The van der Waals surface area contributed by atoms with Crippen molar-refractivity contribution in [2.75, 3.05) is 7.11 Å². The van der Waals surface area contributed by atoms with Gasteiger partial charge in [0.15, 0.2) is 0 Å². The van der Waals surface area contributed by atoms with Gasteiger partial charge in [0.25, 0.3) is 0 Å². The first-order valence-corrected chi connectivity index (χ1v) is 6.38. The summed E-state index contributed by atoms with van der Waals surface area (Å²) < 4.78 is 7.57. The fourth-order valence-electron chi connectivity index (χ4n) is 2.76. The summed E-state index contributed by atoms with van der Waals surface area (Å²) >= 11 is 0. The van der Waals surface area contributed by atoms with Gasteiger partial charge in [0.05, 0.1) is 17.3 Å². The van der Waals surface area contributed by atoms with Crippen molar-refractivity contribution >= 4 is 0 Å². The average molecular weight is 237 g/mol. The Morgan fingerprint density at radius 3 is 2.65 bits per heavy atom. The number of aromatic nitrogens is 2. The van der Waals surface area contributed by atoms with E-state index in [0.717, 1.165) is 24.5 Å². The second-order valence-electron chi connectivity index (χ2n) is 5.34. The van der Waals surface area contributed by atoms with Crippen LogP contribution in [-0.2, 0) is 11.8 Å². The van der Waals surface area contributed by atoms with Gasteiger partial charge < -0.3 is 10.5 Å². The zero-order valence-electron chi connectivity index (χ0n) is 11.0. The molecule has 0 aromatic carbocycles. The lowest BCUT2D eigenvalue weighted by atomic mass is 9.75. The molecule has 96 valence electrons. The van der Waals surface area contributed by atoms with Crippen LogP contribution in [-0.4, -0.2) is 22.5 Å². The third-order valence-electron chi connectivity index (χ3n) is 4.15. The molecule has 4 nitrogen and oxygen atoms in total. The molecule has 1 fully saturated rings. The molecule has 0 aliphatic heterocycles. The van der Waals surface area contributed by atoms with E-state index in [0.29, 0.717) is 0 Å². The van der Waals surface area contributed by atoms with Crippen molar-refractivity contribution in [1.82, 2.24) is 9.78 Å². The van der Waals surface area contributed by atoms with Crippen molar-refractivity contribution in [1.29, 1.82) is 0 Å². The van der Waals surface area contributed by atoms with Crippen molar-refractivity contribution in [2.24, 2.45) is 18.7 Å². The Morgan fingerprint density at radius 2 is 2.18 bits per heavy atom. The Kier molecular flexibility index (Phi) is 3.54. The summed E-state index contributed by atoms with van der Waals surface area (Å²) in [5.74, 6) is 0.786. The maximum atomic E-state index is 6.37. The number of ether oxygens (including phenoxy) is 1. The van der Waals surface area contributed by atoms with Crippen LogP contribution in [0.4, 0.5) is 0 Å². The highest BCUT2D eigenvalue weighted by atomic mass is 16.5. The lowest BCUT2D eigenvalue weighted by Crippen LogP contribution is -2.45. The smallest absolute Gasteiger partial charge is 0.0886 e. The Labute approximate surface area is 103 Å². The first-order valence-electron chi connectivity index (χ1n) is 6.38. The molecule has 0 radical (unpaired) electrons. The molecular weight excluding hydrogens is 214 g/mol. The minimum atomic E-state index is -0.221. The fourth-order valence-corrected chi connectivity index (χ4v) is 2.76. The normalized spacial score (nSPS) is 31.4. The van der Waals surface area contributed by atoms with E-state index in [2.05, 4.69) is 12.0 Å². The molecule has 2 rings (SSSR count). The van der Waals surface area contributed by atoms with Crippen LogP contribution in [0.3, 0.4) is 0 Å². The molecule has 0 amide bonds. The van der Waals surface area contributed by atoms with Crippen LogP contribution in [0, 0.1) is 5.92 Å². The van der Waals surface area contributed by atoms with E-state index in [1.807, 2.05) is 19.3 Å². The van der Waals surface area contributed by atoms with Crippen LogP contribution >= 0.6 is 0 Å². The summed E-state index contributed by atoms with van der Waals surface area (Å²) in [7, 11) is 3.69. The summed E-state index contributed by atoms with van der Waals surface area (Å²) in [5.41, 5.74) is 7.09. The number of methoxy groups -OCH3 is 1. The molecule has 1 saturated carbocycles. The lowest BCUT2D eigenvalue weighted by molar-refractivity contribution is -0.0681. The molecule has 0 spiro atoms. The number of hydrogen-bond acceptors (Lipinski definition) is 3. The first-order chi connectivity index (χ1) is 8.07. The Balaban J connectivity index is 2.17. The summed E-state index contributed by atoms with van der Waals surface area (Å²) in [5, 5.41) is 4.41. The molecule has 1 aromatic heterocycles. The van der Waals surface area contributed by atoms with Crippen molar-refractivity contribution in [2.45, 2.75) is 44.2 Å². The van der Waals surface area contributed by atoms with E-state index in [4.69, 9.17) is 10.5 Å². The minimum Gasteiger partial charge on any atom is -0.376 e. The summed E-state index contributed by atoms with van der Waals surface area (Å²) in [4.78, 5) is 0. The molecule has 2 N–H and O–H groups in total. The zero-order valence-corrected chi connectivity index (χ0v) is 11.0. The van der Waals surface area contributed by atoms with Crippen molar-refractivity contribution < 1.29 is 4.74 Å². The third kappa shape index (κ3) is 2.38. The number of nitrogens with two attached hydrogens (primary N) is 1. The zero-order chi connectivity index (χ0) is 12.5. The van der Waals surface area contributed by atoms with E-state index in [9.17, 15) is 0 Å². The van der Waals surface area contributed by atoms with E-state index in [1.54, 1.807) is 11.8 Å². The molecule has 0 bridgehead atoms. The summed E-state index contributed by atoms with van der Waals surface area (Å²) in [6, 6.07) is 1.87. The Hall–Kier alpha value is -0.870. The average Bonchev–Trinajstić information content (AvgIpc) is 2.76. The second-order valence-corrected chi connectivity index (χ2v) is 5.34. The largest absolute Gasteiger partial charge is 0.376 e. The molecule has 1 unspecified atom stereocenters. The highest BCUT2D eigenvalue weighted by Gasteiger charge is 2.41. The topological polar surface area (TPSA) is 53.1 Å². The molecule has 17 heavy (non-hydrogen) atoms. The highest BCUT2D eigenvalue weighted by Crippen LogP contribution is 2.41. The van der Waals surface area contributed by atoms with Crippen molar-refractivity contribution in [3.8, 4) is 0 Å². The number of aryl methyl sites for hydroxylation is 1. The minimum absolute atomic E-state index is 0.124. The Morgan fingerprint density at radius 1 is 1.53 bits per heavy atom. The molecule has 0 saturated heterocycles. The van der Waals surface area contributed by atoms with E-state index < -0.39 is 0 Å². The third-order valence-corrected chi connectivity index (χ3v) is 4.15. The van der Waals surface area contributed by atoms with Gasteiger partial charge >= 0.3 is 0 Å². The molecular formula is C13H23N3O. The molecule has 1 heterocycles. The van der Waals surface area contributed by atoms with Crippen LogP contribution in [0.25, 0.3) is 0 Å². The van der Waals surface area contributed by atoms with Gasteiger partial charge in [-0.25, -0.2) is 0 Å². The molecule has 1 aliphatic carbocycles. The van der Waals surface area contributed by atoms with Crippen LogP contribution in [0.1, 0.15) is 44.3 Å². The maximum absolute atomic E-state index is 6.37. The predicted molar refractivity (Wildman–Crippen MR) is 67.5 cm³/mol. The SMILES string of the molecule is COC1(C(N)c2ccn(C)n2)CCC(C)CC1. The van der Waals surface area contributed by atoms with Gasteiger partial charge in [-0.3, -0.25) is 4.68 Å². The van der Waals surface area contributed by atoms with Gasteiger partial charge in [-0.05, 0) is 37.7 Å². The van der Waals surface area contributed by atoms with Gasteiger partial charge in [0.1, 0.15) is 0 Å². The predicted octanol–water partition coefficient (Wildman–Crippen LogP) is 2.02. The summed E-state index contributed by atoms with van der Waals surface area (Å²) in [6.45, 7) is 2.30. The quantitative estimate of drug-likeness (QED) is 0.875.